The van der Waals surface area contributed by atoms with Crippen molar-refractivity contribution in [1.29, 1.82) is 0 Å². The predicted octanol–water partition coefficient (Wildman–Crippen LogP) is 2.80. The smallest absolute Gasteiger partial charge is 0.402 e. The van der Waals surface area contributed by atoms with E-state index in [2.05, 4.69) is 0 Å². The first-order chi connectivity index (χ1) is 9.58. The van der Waals surface area contributed by atoms with Crippen LogP contribution in [0.15, 0.2) is 16.3 Å². The second-order valence-corrected chi connectivity index (χ2v) is 7.48. The zero-order valence-corrected chi connectivity index (χ0v) is 12.7. The van der Waals surface area contributed by atoms with E-state index in [9.17, 15) is 26.4 Å². The summed E-state index contributed by atoms with van der Waals surface area (Å²) < 4.78 is 61.9. The minimum absolute atomic E-state index is 0.240. The number of carboxylic acid groups (broad SMARTS) is 1. The highest BCUT2D eigenvalue weighted by Gasteiger charge is 2.37. The summed E-state index contributed by atoms with van der Waals surface area (Å²) in [5.74, 6) is -1.32. The Hall–Kier alpha value is -1.13. The third kappa shape index (κ3) is 4.97. The summed E-state index contributed by atoms with van der Waals surface area (Å²) in [5.41, 5.74) is 0. The largest absolute Gasteiger partial charge is 0.477 e. The van der Waals surface area contributed by atoms with Gasteiger partial charge in [-0.05, 0) is 18.6 Å². The highest BCUT2D eigenvalue weighted by Crippen LogP contribution is 2.28. The van der Waals surface area contributed by atoms with E-state index in [1.165, 1.54) is 0 Å². The van der Waals surface area contributed by atoms with Crippen LogP contribution in [0.2, 0.25) is 0 Å². The highest BCUT2D eigenvalue weighted by molar-refractivity contribution is 7.91. The SMILES string of the molecule is CCCCN(CC(F)(F)F)S(=O)(=O)c1ccc(C(=O)O)s1. The van der Waals surface area contributed by atoms with Crippen LogP contribution in [0, 0.1) is 0 Å². The van der Waals surface area contributed by atoms with Gasteiger partial charge in [0.15, 0.2) is 0 Å². The molecule has 0 saturated carbocycles. The molecule has 21 heavy (non-hydrogen) atoms. The molecule has 0 unspecified atom stereocenters. The Labute approximate surface area is 124 Å². The number of sulfonamides is 1. The van der Waals surface area contributed by atoms with Gasteiger partial charge >= 0.3 is 12.1 Å². The van der Waals surface area contributed by atoms with Crippen LogP contribution in [0.25, 0.3) is 0 Å². The van der Waals surface area contributed by atoms with Crippen LogP contribution in [0.3, 0.4) is 0 Å². The number of hydrogen-bond donors (Lipinski definition) is 1. The van der Waals surface area contributed by atoms with E-state index >= 15 is 0 Å². The van der Waals surface area contributed by atoms with Gasteiger partial charge in [-0.2, -0.15) is 17.5 Å². The van der Waals surface area contributed by atoms with E-state index in [1.54, 1.807) is 6.92 Å². The lowest BCUT2D eigenvalue weighted by Crippen LogP contribution is -2.39. The fourth-order valence-corrected chi connectivity index (χ4v) is 4.28. The number of nitrogens with zero attached hydrogens (tertiary/aromatic N) is 1. The van der Waals surface area contributed by atoms with Crippen molar-refractivity contribution in [2.75, 3.05) is 13.1 Å². The molecule has 1 heterocycles. The molecule has 1 aromatic heterocycles. The molecule has 0 amide bonds. The van der Waals surface area contributed by atoms with Crippen LogP contribution in [-0.4, -0.2) is 43.1 Å². The highest BCUT2D eigenvalue weighted by atomic mass is 32.2. The van der Waals surface area contributed by atoms with Gasteiger partial charge in [0.2, 0.25) is 0 Å². The third-order valence-electron chi connectivity index (χ3n) is 2.50. The van der Waals surface area contributed by atoms with Gasteiger partial charge in [-0.15, -0.1) is 11.3 Å². The second kappa shape index (κ2) is 6.75. The van der Waals surface area contributed by atoms with Crippen LogP contribution >= 0.6 is 11.3 Å². The topological polar surface area (TPSA) is 74.7 Å². The average molecular weight is 345 g/mol. The number of halogens is 3. The van der Waals surface area contributed by atoms with Crippen molar-refractivity contribution in [1.82, 2.24) is 4.31 Å². The molecular weight excluding hydrogens is 331 g/mol. The molecule has 0 bridgehead atoms. The van der Waals surface area contributed by atoms with Gasteiger partial charge in [-0.1, -0.05) is 13.3 Å². The van der Waals surface area contributed by atoms with Crippen molar-refractivity contribution in [2.45, 2.75) is 30.2 Å². The van der Waals surface area contributed by atoms with Crippen LogP contribution in [0.1, 0.15) is 29.4 Å². The number of unbranched alkanes of at least 4 members (excludes halogenated alkanes) is 1. The number of rotatable bonds is 7. The molecule has 0 atom stereocenters. The van der Waals surface area contributed by atoms with E-state index in [4.69, 9.17) is 5.11 Å². The quantitative estimate of drug-likeness (QED) is 0.825. The minimum Gasteiger partial charge on any atom is -0.477 e. The van der Waals surface area contributed by atoms with E-state index in [-0.39, 0.29) is 17.8 Å². The molecule has 0 radical (unpaired) electrons. The molecule has 1 aromatic rings. The predicted molar refractivity (Wildman–Crippen MR) is 71.0 cm³/mol. The second-order valence-electron chi connectivity index (χ2n) is 4.23. The van der Waals surface area contributed by atoms with Crippen molar-refractivity contribution >= 4 is 27.3 Å². The Morgan fingerprint density at radius 1 is 1.38 bits per heavy atom. The first kappa shape index (κ1) is 17.9. The van der Waals surface area contributed by atoms with Gasteiger partial charge in [0.05, 0.1) is 0 Å². The Balaban J connectivity index is 3.09. The lowest BCUT2D eigenvalue weighted by Gasteiger charge is -2.22. The van der Waals surface area contributed by atoms with Crippen LogP contribution in [-0.2, 0) is 10.0 Å². The molecule has 1 rings (SSSR count). The molecule has 0 saturated heterocycles. The Morgan fingerprint density at radius 3 is 2.43 bits per heavy atom. The number of aromatic carboxylic acids is 1. The van der Waals surface area contributed by atoms with Crippen LogP contribution in [0.5, 0.6) is 0 Å². The van der Waals surface area contributed by atoms with Gasteiger partial charge in [-0.25, -0.2) is 13.2 Å². The van der Waals surface area contributed by atoms with Gasteiger partial charge < -0.3 is 5.11 Å². The lowest BCUT2D eigenvalue weighted by atomic mass is 10.3. The van der Waals surface area contributed by atoms with Crippen LogP contribution < -0.4 is 0 Å². The monoisotopic (exact) mass is 345 g/mol. The van der Waals surface area contributed by atoms with E-state index < -0.39 is 32.9 Å². The molecule has 10 heteroatoms. The number of hydrogen-bond acceptors (Lipinski definition) is 4. The number of carbonyl (C=O) groups is 1. The summed E-state index contributed by atoms with van der Waals surface area (Å²) in [4.78, 5) is 10.5. The van der Waals surface area contributed by atoms with Crippen molar-refractivity contribution in [3.05, 3.63) is 17.0 Å². The van der Waals surface area contributed by atoms with Crippen molar-refractivity contribution in [3.63, 3.8) is 0 Å². The van der Waals surface area contributed by atoms with Crippen molar-refractivity contribution < 1.29 is 31.5 Å². The number of alkyl halides is 3. The van der Waals surface area contributed by atoms with E-state index in [0.717, 1.165) is 12.1 Å². The molecular formula is C11H14F3NO4S2. The summed E-state index contributed by atoms with van der Waals surface area (Å²) in [6, 6.07) is 2.07. The summed E-state index contributed by atoms with van der Waals surface area (Å²) in [7, 11) is -4.35. The standard InChI is InChI=1S/C11H14F3NO4S2/c1-2-3-6-15(7-11(12,13)14)21(18,19)9-5-4-8(20-9)10(16)17/h4-5H,2-3,6-7H2,1H3,(H,16,17). The van der Waals surface area contributed by atoms with Crippen molar-refractivity contribution in [2.24, 2.45) is 0 Å². The minimum atomic E-state index is -4.66. The van der Waals surface area contributed by atoms with Gasteiger partial charge in [0, 0.05) is 6.54 Å². The molecule has 0 aliphatic rings. The average Bonchev–Trinajstić information content (AvgIpc) is 2.83. The van der Waals surface area contributed by atoms with Crippen molar-refractivity contribution in [3.8, 4) is 0 Å². The van der Waals surface area contributed by atoms with Crippen LogP contribution in [0.4, 0.5) is 13.2 Å². The molecule has 5 nitrogen and oxygen atoms in total. The maximum absolute atomic E-state index is 12.5. The Morgan fingerprint density at radius 2 is 2.00 bits per heavy atom. The van der Waals surface area contributed by atoms with Gasteiger partial charge in [0.25, 0.3) is 10.0 Å². The van der Waals surface area contributed by atoms with E-state index in [1.807, 2.05) is 0 Å². The zero-order valence-electron chi connectivity index (χ0n) is 11.1. The first-order valence-electron chi connectivity index (χ1n) is 5.98. The molecule has 0 fully saturated rings. The lowest BCUT2D eigenvalue weighted by molar-refractivity contribution is -0.136. The summed E-state index contributed by atoms with van der Waals surface area (Å²) >= 11 is 0.439. The van der Waals surface area contributed by atoms with E-state index in [0.29, 0.717) is 22.1 Å². The first-order valence-corrected chi connectivity index (χ1v) is 8.23. The Bertz CT molecular complexity index is 595. The fourth-order valence-electron chi connectivity index (χ4n) is 1.52. The molecule has 0 aliphatic carbocycles. The fraction of sp³-hybridized carbons (Fsp3) is 0.545. The normalized spacial score (nSPS) is 12.8. The molecule has 120 valence electrons. The summed E-state index contributed by atoms with van der Waals surface area (Å²) in [6.07, 6.45) is -3.84. The number of carboxylic acids is 1. The maximum Gasteiger partial charge on any atom is 0.402 e. The Kier molecular flexibility index (Phi) is 5.76. The summed E-state index contributed by atoms with van der Waals surface area (Å²) in [5, 5.41) is 8.75. The molecule has 0 spiro atoms. The summed E-state index contributed by atoms with van der Waals surface area (Å²) in [6.45, 7) is -0.125. The molecule has 1 N–H and O–H groups in total. The zero-order chi connectivity index (χ0) is 16.3. The third-order valence-corrected chi connectivity index (χ3v) is 5.89. The molecule has 0 aromatic carbocycles. The van der Waals surface area contributed by atoms with Gasteiger partial charge in [-0.3, -0.25) is 0 Å². The maximum atomic E-state index is 12.5. The molecule has 0 aliphatic heterocycles. The van der Waals surface area contributed by atoms with Gasteiger partial charge in [0.1, 0.15) is 15.6 Å². The number of thiophene rings is 1.